The first-order valence-electron chi connectivity index (χ1n) is 6.84. The van der Waals surface area contributed by atoms with Crippen molar-refractivity contribution in [2.24, 2.45) is 0 Å². The predicted octanol–water partition coefficient (Wildman–Crippen LogP) is 3.18. The van der Waals surface area contributed by atoms with Crippen molar-refractivity contribution in [1.82, 2.24) is 19.1 Å². The summed E-state index contributed by atoms with van der Waals surface area (Å²) in [6, 6.07) is 6.89. The number of nitrogens with zero attached hydrogens (tertiary/aromatic N) is 4. The third-order valence-electron chi connectivity index (χ3n) is 3.41. The molecule has 2 aliphatic heterocycles. The first-order valence-corrected chi connectivity index (χ1v) is 8.75. The molecule has 2 heterocycles. The average molecular weight is 341 g/mol. The third-order valence-corrected chi connectivity index (χ3v) is 5.93. The highest BCUT2D eigenvalue weighted by molar-refractivity contribution is 7.54. The molecule has 0 radical (unpaired) electrons. The smallest absolute Gasteiger partial charge is 0.414 e. The summed E-state index contributed by atoms with van der Waals surface area (Å²) in [4.78, 5) is 3.89. The Bertz CT molecular complexity index is 619. The van der Waals surface area contributed by atoms with Crippen LogP contribution < -0.4 is 4.52 Å². The Balaban J connectivity index is 1.89. The van der Waals surface area contributed by atoms with E-state index in [-0.39, 0.29) is 0 Å². The van der Waals surface area contributed by atoms with Crippen molar-refractivity contribution in [3.8, 4) is 5.75 Å². The first-order chi connectivity index (χ1) is 10.5. The Hall–Kier alpha value is -1.78. The highest BCUT2D eigenvalue weighted by atomic mass is 35.5. The Kier molecular flexibility index (Phi) is 3.98. The van der Waals surface area contributed by atoms with Gasteiger partial charge in [0.25, 0.3) is 0 Å². The zero-order chi connectivity index (χ0) is 15.7. The summed E-state index contributed by atoms with van der Waals surface area (Å²) in [6.07, 6.45) is 7.34. The van der Waals surface area contributed by atoms with Crippen LogP contribution in [0.2, 0.25) is 5.02 Å². The second-order valence-corrected chi connectivity index (χ2v) is 7.94. The summed E-state index contributed by atoms with van der Waals surface area (Å²) >= 11 is 5.89. The Morgan fingerprint density at radius 1 is 0.955 bits per heavy atom. The van der Waals surface area contributed by atoms with Crippen molar-refractivity contribution in [3.63, 3.8) is 0 Å². The van der Waals surface area contributed by atoms with Gasteiger partial charge in [0.15, 0.2) is 0 Å². The van der Waals surface area contributed by atoms with E-state index < -0.39 is 7.67 Å². The van der Waals surface area contributed by atoms with Gasteiger partial charge in [0.05, 0.1) is 13.3 Å². The van der Waals surface area contributed by atoms with Gasteiger partial charge in [-0.15, -0.1) is 0 Å². The summed E-state index contributed by atoms with van der Waals surface area (Å²) < 4.78 is 23.0. The lowest BCUT2D eigenvalue weighted by atomic mass is 10.3. The number of hydrogen-bond acceptors (Lipinski definition) is 4. The van der Waals surface area contributed by atoms with Crippen LogP contribution in [0.25, 0.3) is 0 Å². The van der Waals surface area contributed by atoms with Crippen LogP contribution in [0.1, 0.15) is 0 Å². The van der Waals surface area contributed by atoms with Crippen LogP contribution in [0.5, 0.6) is 5.75 Å². The van der Waals surface area contributed by atoms with Crippen LogP contribution >= 0.6 is 19.3 Å². The van der Waals surface area contributed by atoms with Crippen molar-refractivity contribution < 1.29 is 9.09 Å². The van der Waals surface area contributed by atoms with Crippen LogP contribution in [0.4, 0.5) is 0 Å². The molecule has 2 aliphatic rings. The number of rotatable bonds is 4. The minimum Gasteiger partial charge on any atom is -0.414 e. The van der Waals surface area contributed by atoms with Crippen LogP contribution in [0.3, 0.4) is 0 Å². The summed E-state index contributed by atoms with van der Waals surface area (Å²) in [5.41, 5.74) is 0. The molecule has 6 nitrogen and oxygen atoms in total. The van der Waals surface area contributed by atoms with Gasteiger partial charge in [0, 0.05) is 43.9 Å². The highest BCUT2D eigenvalue weighted by Crippen LogP contribution is 2.56. The zero-order valence-corrected chi connectivity index (χ0v) is 14.1. The molecule has 0 aliphatic carbocycles. The fraction of sp³-hybridized carbons (Fsp3) is 0.286. The van der Waals surface area contributed by atoms with Gasteiger partial charge in [0.2, 0.25) is 0 Å². The summed E-state index contributed by atoms with van der Waals surface area (Å²) in [5, 5.41) is 0.615. The lowest BCUT2D eigenvalue weighted by Crippen LogP contribution is -2.31. The average Bonchev–Trinajstić information content (AvgIpc) is 3.10. The van der Waals surface area contributed by atoms with Gasteiger partial charge in [-0.05, 0) is 24.3 Å². The monoisotopic (exact) mass is 340 g/mol. The van der Waals surface area contributed by atoms with Crippen molar-refractivity contribution in [2.75, 3.05) is 27.4 Å². The molecule has 0 unspecified atom stereocenters. The fourth-order valence-electron chi connectivity index (χ4n) is 2.24. The standard InChI is InChI=1S/C14H18ClN4O2P/c1-16-7-9-18(11-16)22(20,19-10-8-17(2)12-19)21-14-5-3-13(15)4-6-14/h3-10H,11-12H2,1-2H3. The van der Waals surface area contributed by atoms with E-state index in [0.717, 1.165) is 0 Å². The van der Waals surface area contributed by atoms with Crippen LogP contribution in [-0.2, 0) is 4.57 Å². The quantitative estimate of drug-likeness (QED) is 0.784. The highest BCUT2D eigenvalue weighted by Gasteiger charge is 2.41. The van der Waals surface area contributed by atoms with Gasteiger partial charge in [0.1, 0.15) is 5.75 Å². The molecule has 0 saturated carbocycles. The zero-order valence-electron chi connectivity index (χ0n) is 12.5. The van der Waals surface area contributed by atoms with Crippen LogP contribution in [-0.4, -0.2) is 46.6 Å². The molecule has 1 aromatic rings. The molecule has 0 atom stereocenters. The molecule has 22 heavy (non-hydrogen) atoms. The number of benzene rings is 1. The van der Waals surface area contributed by atoms with Gasteiger partial charge in [-0.3, -0.25) is 9.34 Å². The molecule has 1 aromatic carbocycles. The maximum Gasteiger partial charge on any atom is 0.451 e. The normalized spacial score (nSPS) is 17.8. The van der Waals surface area contributed by atoms with Crippen molar-refractivity contribution in [2.45, 2.75) is 0 Å². The lowest BCUT2D eigenvalue weighted by molar-refractivity contribution is 0.289. The minimum atomic E-state index is -3.26. The molecule has 3 rings (SSSR count). The molecule has 0 spiro atoms. The van der Waals surface area contributed by atoms with Crippen LogP contribution in [0.15, 0.2) is 49.1 Å². The molecule has 0 aromatic heterocycles. The number of halogens is 1. The molecule has 0 bridgehead atoms. The summed E-state index contributed by atoms with van der Waals surface area (Å²) in [7, 11) is 0.592. The maximum atomic E-state index is 13.6. The summed E-state index contributed by atoms with van der Waals surface area (Å²) in [5.74, 6) is 0.527. The predicted molar refractivity (Wildman–Crippen MR) is 86.9 cm³/mol. The van der Waals surface area contributed by atoms with E-state index in [9.17, 15) is 4.57 Å². The van der Waals surface area contributed by atoms with Gasteiger partial charge >= 0.3 is 7.67 Å². The largest absolute Gasteiger partial charge is 0.451 e. The van der Waals surface area contributed by atoms with E-state index in [1.807, 2.05) is 36.3 Å². The van der Waals surface area contributed by atoms with Crippen molar-refractivity contribution in [1.29, 1.82) is 0 Å². The van der Waals surface area contributed by atoms with Gasteiger partial charge in [-0.2, -0.15) is 0 Å². The molecule has 8 heteroatoms. The molecule has 118 valence electrons. The van der Waals surface area contributed by atoms with E-state index in [1.165, 1.54) is 0 Å². The van der Waals surface area contributed by atoms with Gasteiger partial charge < -0.3 is 14.3 Å². The molecule has 0 saturated heterocycles. The fourth-order valence-corrected chi connectivity index (χ4v) is 4.44. The second-order valence-electron chi connectivity index (χ2n) is 5.31. The summed E-state index contributed by atoms with van der Waals surface area (Å²) in [6.45, 7) is 1.03. The molecular formula is C14H18ClN4O2P. The topological polar surface area (TPSA) is 39.3 Å². The Morgan fingerprint density at radius 3 is 1.86 bits per heavy atom. The molecule has 0 N–H and O–H groups in total. The van der Waals surface area contributed by atoms with E-state index >= 15 is 0 Å². The number of hydrogen-bond donors (Lipinski definition) is 0. The van der Waals surface area contributed by atoms with E-state index in [2.05, 4.69) is 0 Å². The van der Waals surface area contributed by atoms with Crippen LogP contribution in [0, 0.1) is 0 Å². The van der Waals surface area contributed by atoms with E-state index in [4.69, 9.17) is 16.1 Å². The molecule has 0 fully saturated rings. The van der Waals surface area contributed by atoms with Gasteiger partial charge in [-0.1, -0.05) is 11.6 Å². The van der Waals surface area contributed by atoms with Crippen molar-refractivity contribution >= 4 is 19.3 Å². The maximum absolute atomic E-state index is 13.6. The minimum absolute atomic E-state index is 0.513. The van der Waals surface area contributed by atoms with Gasteiger partial charge in [-0.25, -0.2) is 4.57 Å². The Labute approximate surface area is 135 Å². The van der Waals surface area contributed by atoms with Crippen molar-refractivity contribution in [3.05, 3.63) is 54.1 Å². The SMILES string of the molecule is CN1C=CN(P(=O)(Oc2ccc(Cl)cc2)N2C=CN(C)C2)C1. The van der Waals surface area contributed by atoms with E-state index in [1.54, 1.807) is 46.0 Å². The first kappa shape index (κ1) is 15.1. The molecule has 0 amide bonds. The third kappa shape index (κ3) is 2.89. The second kappa shape index (κ2) is 5.78. The molecular weight excluding hydrogens is 323 g/mol. The Morgan fingerprint density at radius 2 is 1.45 bits per heavy atom. The van der Waals surface area contributed by atoms with E-state index in [0.29, 0.717) is 24.1 Å². The lowest BCUT2D eigenvalue weighted by Gasteiger charge is -2.34.